The lowest BCUT2D eigenvalue weighted by atomic mass is 9.98. The van der Waals surface area contributed by atoms with Crippen LogP contribution >= 0.6 is 0 Å². The fourth-order valence-electron chi connectivity index (χ4n) is 3.90. The SMILES string of the molecule is Nc1cncc(C(O)C(O)CNC(=O)OCC2c3ccccc3-c3ccccc32)c1N. The molecular formula is C23H24N4O4. The number of nitrogens with zero attached hydrogens (tertiary/aromatic N) is 1. The third-order valence-electron chi connectivity index (χ3n) is 5.53. The maximum atomic E-state index is 12.2. The number of rotatable bonds is 6. The summed E-state index contributed by atoms with van der Waals surface area (Å²) in [4.78, 5) is 16.1. The molecule has 1 aliphatic carbocycles. The van der Waals surface area contributed by atoms with Gasteiger partial charge in [0.2, 0.25) is 0 Å². The molecule has 7 N–H and O–H groups in total. The highest BCUT2D eigenvalue weighted by atomic mass is 16.5. The summed E-state index contributed by atoms with van der Waals surface area (Å²) in [5.74, 6) is -0.0631. The number of amides is 1. The molecule has 8 heteroatoms. The second-order valence-electron chi connectivity index (χ2n) is 7.45. The molecule has 0 spiro atoms. The van der Waals surface area contributed by atoms with Crippen molar-refractivity contribution < 1.29 is 19.7 Å². The Bertz CT molecular complexity index is 1060. The summed E-state index contributed by atoms with van der Waals surface area (Å²) < 4.78 is 5.42. The van der Waals surface area contributed by atoms with Gasteiger partial charge in [-0.15, -0.1) is 0 Å². The second kappa shape index (κ2) is 8.63. The molecule has 0 saturated carbocycles. The Kier molecular flexibility index (Phi) is 5.75. The van der Waals surface area contributed by atoms with Crippen LogP contribution in [0.2, 0.25) is 0 Å². The number of hydrogen-bond donors (Lipinski definition) is 5. The van der Waals surface area contributed by atoms with E-state index in [0.717, 1.165) is 22.3 Å². The molecule has 0 radical (unpaired) electrons. The monoisotopic (exact) mass is 420 g/mol. The van der Waals surface area contributed by atoms with Crippen LogP contribution in [0.25, 0.3) is 11.1 Å². The molecule has 2 unspecified atom stereocenters. The normalized spacial score (nSPS) is 14.4. The van der Waals surface area contributed by atoms with Crippen molar-refractivity contribution in [3.63, 3.8) is 0 Å². The summed E-state index contributed by atoms with van der Waals surface area (Å²) >= 11 is 0. The van der Waals surface area contributed by atoms with E-state index in [1.54, 1.807) is 0 Å². The first-order valence-electron chi connectivity index (χ1n) is 9.91. The number of aliphatic hydroxyl groups excluding tert-OH is 2. The fraction of sp³-hybridized carbons (Fsp3) is 0.217. The number of carbonyl (C=O) groups is 1. The van der Waals surface area contributed by atoms with Crippen molar-refractivity contribution in [3.8, 4) is 11.1 Å². The number of aliphatic hydroxyl groups is 2. The maximum absolute atomic E-state index is 12.2. The molecule has 4 rings (SSSR count). The Labute approximate surface area is 179 Å². The summed E-state index contributed by atoms with van der Waals surface area (Å²) in [6.07, 6.45) is -0.678. The number of alkyl carbamates (subject to hydrolysis) is 1. The molecule has 0 fully saturated rings. The Morgan fingerprint density at radius 3 is 2.29 bits per heavy atom. The molecule has 2 atom stereocenters. The Morgan fingerprint density at radius 2 is 1.65 bits per heavy atom. The summed E-state index contributed by atoms with van der Waals surface area (Å²) in [6.45, 7) is -0.0727. The number of pyridine rings is 1. The lowest BCUT2D eigenvalue weighted by Crippen LogP contribution is -2.36. The van der Waals surface area contributed by atoms with E-state index in [4.69, 9.17) is 16.2 Å². The van der Waals surface area contributed by atoms with Crippen LogP contribution in [0.15, 0.2) is 60.9 Å². The molecule has 0 bridgehead atoms. The topological polar surface area (TPSA) is 144 Å². The van der Waals surface area contributed by atoms with Crippen LogP contribution in [0, 0.1) is 0 Å². The molecule has 0 saturated heterocycles. The number of fused-ring (bicyclic) bond motifs is 3. The van der Waals surface area contributed by atoms with Crippen LogP contribution in [-0.2, 0) is 4.74 Å². The van der Waals surface area contributed by atoms with Gasteiger partial charge in [-0.2, -0.15) is 0 Å². The average molecular weight is 420 g/mol. The zero-order chi connectivity index (χ0) is 22.0. The van der Waals surface area contributed by atoms with Gasteiger partial charge in [0.15, 0.2) is 0 Å². The molecular weight excluding hydrogens is 396 g/mol. The number of nitrogens with one attached hydrogen (secondary N) is 1. The molecule has 1 aromatic heterocycles. The van der Waals surface area contributed by atoms with E-state index in [2.05, 4.69) is 22.4 Å². The van der Waals surface area contributed by atoms with Gasteiger partial charge in [-0.3, -0.25) is 4.98 Å². The highest BCUT2D eigenvalue weighted by Gasteiger charge is 2.29. The Morgan fingerprint density at radius 1 is 1.03 bits per heavy atom. The van der Waals surface area contributed by atoms with Crippen molar-refractivity contribution in [3.05, 3.63) is 77.6 Å². The number of ether oxygens (including phenoxy) is 1. The fourth-order valence-corrected chi connectivity index (χ4v) is 3.90. The minimum absolute atomic E-state index is 0.0631. The van der Waals surface area contributed by atoms with E-state index >= 15 is 0 Å². The first-order chi connectivity index (χ1) is 15.0. The number of carbonyl (C=O) groups excluding carboxylic acids is 1. The smallest absolute Gasteiger partial charge is 0.407 e. The number of nitrogen functional groups attached to an aromatic ring is 2. The summed E-state index contributed by atoms with van der Waals surface area (Å²) in [7, 11) is 0. The number of hydrogen-bond acceptors (Lipinski definition) is 7. The van der Waals surface area contributed by atoms with E-state index in [1.165, 1.54) is 12.4 Å². The zero-order valence-corrected chi connectivity index (χ0v) is 16.7. The lowest BCUT2D eigenvalue weighted by molar-refractivity contribution is 0.0188. The van der Waals surface area contributed by atoms with Gasteiger partial charge in [-0.1, -0.05) is 48.5 Å². The van der Waals surface area contributed by atoms with E-state index in [0.29, 0.717) is 0 Å². The maximum Gasteiger partial charge on any atom is 0.407 e. The quantitative estimate of drug-likeness (QED) is 0.411. The lowest BCUT2D eigenvalue weighted by Gasteiger charge is -2.20. The second-order valence-corrected chi connectivity index (χ2v) is 7.45. The Hall–Kier alpha value is -3.62. The molecule has 8 nitrogen and oxygen atoms in total. The largest absolute Gasteiger partial charge is 0.449 e. The van der Waals surface area contributed by atoms with E-state index in [1.807, 2.05) is 36.4 Å². The molecule has 0 aliphatic heterocycles. The third kappa shape index (κ3) is 4.03. The van der Waals surface area contributed by atoms with Gasteiger partial charge in [0.05, 0.1) is 17.6 Å². The molecule has 31 heavy (non-hydrogen) atoms. The first-order valence-corrected chi connectivity index (χ1v) is 9.91. The highest BCUT2D eigenvalue weighted by Crippen LogP contribution is 2.44. The molecule has 3 aromatic rings. The van der Waals surface area contributed by atoms with E-state index < -0.39 is 18.3 Å². The van der Waals surface area contributed by atoms with Crippen LogP contribution < -0.4 is 16.8 Å². The number of benzene rings is 2. The van der Waals surface area contributed by atoms with Gasteiger partial charge in [-0.05, 0) is 22.3 Å². The number of anilines is 2. The highest BCUT2D eigenvalue weighted by molar-refractivity contribution is 5.79. The van der Waals surface area contributed by atoms with Crippen LogP contribution in [0.1, 0.15) is 28.7 Å². The first kappa shape index (κ1) is 20.6. The predicted molar refractivity (Wildman–Crippen MR) is 117 cm³/mol. The van der Waals surface area contributed by atoms with Crippen molar-refractivity contribution in [2.75, 3.05) is 24.6 Å². The summed E-state index contributed by atoms with van der Waals surface area (Å²) in [5, 5.41) is 23.0. The van der Waals surface area contributed by atoms with Gasteiger partial charge in [0.25, 0.3) is 0 Å². The molecule has 2 aromatic carbocycles. The molecule has 160 valence electrons. The van der Waals surface area contributed by atoms with Gasteiger partial charge in [-0.25, -0.2) is 4.79 Å². The van der Waals surface area contributed by atoms with Gasteiger partial charge < -0.3 is 31.7 Å². The van der Waals surface area contributed by atoms with Crippen molar-refractivity contribution in [2.45, 2.75) is 18.1 Å². The van der Waals surface area contributed by atoms with Crippen molar-refractivity contribution in [2.24, 2.45) is 0 Å². The number of nitrogens with two attached hydrogens (primary N) is 2. The minimum Gasteiger partial charge on any atom is -0.449 e. The van der Waals surface area contributed by atoms with Gasteiger partial charge in [0.1, 0.15) is 18.8 Å². The van der Waals surface area contributed by atoms with E-state index in [9.17, 15) is 15.0 Å². The number of aromatic nitrogens is 1. The van der Waals surface area contributed by atoms with Crippen molar-refractivity contribution in [1.82, 2.24) is 10.3 Å². The van der Waals surface area contributed by atoms with Crippen molar-refractivity contribution in [1.29, 1.82) is 0 Å². The summed E-state index contributed by atoms with van der Waals surface area (Å²) in [6, 6.07) is 16.1. The molecule has 1 heterocycles. The van der Waals surface area contributed by atoms with Crippen molar-refractivity contribution >= 4 is 17.5 Å². The molecule has 1 amide bonds. The van der Waals surface area contributed by atoms with Crippen LogP contribution in [0.5, 0.6) is 0 Å². The zero-order valence-electron chi connectivity index (χ0n) is 16.7. The standard InChI is InChI=1S/C23H24N4O4/c24-19-10-26-9-17(21(19)25)22(29)20(28)11-27-23(30)31-12-18-15-7-3-1-5-13(15)14-6-2-4-8-16(14)18/h1-10,18,20,22,28-29H,11-12,24H2,(H2,25,26)(H,27,30). The van der Waals surface area contributed by atoms with Gasteiger partial charge >= 0.3 is 6.09 Å². The third-order valence-corrected chi connectivity index (χ3v) is 5.53. The minimum atomic E-state index is -1.36. The average Bonchev–Trinajstić information content (AvgIpc) is 3.11. The molecule has 1 aliphatic rings. The predicted octanol–water partition coefficient (Wildman–Crippen LogP) is 2.18. The summed E-state index contributed by atoms with van der Waals surface area (Å²) in [5.41, 5.74) is 16.5. The van der Waals surface area contributed by atoms with Crippen LogP contribution in [0.3, 0.4) is 0 Å². The Balaban J connectivity index is 1.35. The van der Waals surface area contributed by atoms with Crippen LogP contribution in [0.4, 0.5) is 16.2 Å². The van der Waals surface area contributed by atoms with Gasteiger partial charge in [0, 0.05) is 24.2 Å². The van der Waals surface area contributed by atoms with Crippen LogP contribution in [-0.4, -0.2) is 40.5 Å². The van der Waals surface area contributed by atoms with E-state index in [-0.39, 0.29) is 36.0 Å².